The number of aliphatic carboxylic acids is 1. The van der Waals surface area contributed by atoms with Crippen LogP contribution in [-0.4, -0.2) is 37.7 Å². The van der Waals surface area contributed by atoms with Gasteiger partial charge in [0.05, 0.1) is 42.7 Å². The van der Waals surface area contributed by atoms with E-state index in [9.17, 15) is 14.7 Å². The molecule has 0 aliphatic carbocycles. The zero-order valence-electron chi connectivity index (χ0n) is 22.3. The number of amides is 1. The van der Waals surface area contributed by atoms with E-state index in [1.54, 1.807) is 6.07 Å². The molecular formula is C31H33N3O6. The number of imidazole rings is 1. The minimum Gasteiger partial charge on any atom is -0.481 e. The van der Waals surface area contributed by atoms with Gasteiger partial charge in [-0.25, -0.2) is 4.98 Å². The lowest BCUT2D eigenvalue weighted by Crippen LogP contribution is -2.39. The van der Waals surface area contributed by atoms with Gasteiger partial charge in [-0.1, -0.05) is 55.5 Å². The molecule has 0 bridgehead atoms. The van der Waals surface area contributed by atoms with Crippen LogP contribution in [0.4, 0.5) is 5.69 Å². The first kappa shape index (κ1) is 27.5. The van der Waals surface area contributed by atoms with Gasteiger partial charge in [-0.3, -0.25) is 9.59 Å². The molecule has 2 heterocycles. The fraction of sp³-hybridized carbons (Fsp3) is 0.323. The molecule has 3 aromatic carbocycles. The van der Waals surface area contributed by atoms with Gasteiger partial charge in [0.1, 0.15) is 0 Å². The molecule has 0 saturated carbocycles. The Hall–Kier alpha value is -4.05. The zero-order valence-corrected chi connectivity index (χ0v) is 22.3. The normalized spacial score (nSPS) is 20.9. The molecule has 1 saturated heterocycles. The van der Waals surface area contributed by atoms with Gasteiger partial charge in [-0.15, -0.1) is 0 Å². The smallest absolute Gasteiger partial charge is 0.303 e. The highest BCUT2D eigenvalue weighted by Gasteiger charge is 2.38. The van der Waals surface area contributed by atoms with Crippen LogP contribution in [0.2, 0.25) is 0 Å². The maximum atomic E-state index is 12.4. The average molecular weight is 544 g/mol. The number of rotatable bonds is 10. The highest BCUT2D eigenvalue weighted by atomic mass is 16.7. The highest BCUT2D eigenvalue weighted by molar-refractivity contribution is 5.91. The quantitative estimate of drug-likeness (QED) is 0.251. The van der Waals surface area contributed by atoms with Gasteiger partial charge in [0.2, 0.25) is 5.91 Å². The Morgan fingerprint density at radius 3 is 2.55 bits per heavy atom. The van der Waals surface area contributed by atoms with Gasteiger partial charge in [-0.05, 0) is 41.8 Å². The summed E-state index contributed by atoms with van der Waals surface area (Å²) >= 11 is 0. The molecular weight excluding hydrogens is 510 g/mol. The van der Waals surface area contributed by atoms with Crippen molar-refractivity contribution in [3.8, 4) is 0 Å². The second-order valence-corrected chi connectivity index (χ2v) is 10.1. The summed E-state index contributed by atoms with van der Waals surface area (Å²) in [6.45, 7) is 2.66. The van der Waals surface area contributed by atoms with Crippen LogP contribution in [0.25, 0.3) is 11.0 Å². The van der Waals surface area contributed by atoms with Crippen LogP contribution < -0.4 is 5.32 Å². The fourth-order valence-corrected chi connectivity index (χ4v) is 5.06. The lowest BCUT2D eigenvalue weighted by atomic mass is 9.90. The van der Waals surface area contributed by atoms with E-state index < -0.39 is 12.3 Å². The van der Waals surface area contributed by atoms with E-state index >= 15 is 0 Å². The summed E-state index contributed by atoms with van der Waals surface area (Å²) in [6.07, 6.45) is 0.989. The van der Waals surface area contributed by atoms with Crippen molar-refractivity contribution in [3.05, 3.63) is 95.8 Å². The number of aliphatic hydroxyl groups excluding tert-OH is 1. The van der Waals surface area contributed by atoms with Crippen molar-refractivity contribution in [2.24, 2.45) is 5.92 Å². The van der Waals surface area contributed by atoms with Crippen molar-refractivity contribution in [1.82, 2.24) is 9.55 Å². The summed E-state index contributed by atoms with van der Waals surface area (Å²) in [5.74, 6) is -1.17. The number of aromatic nitrogens is 2. The summed E-state index contributed by atoms with van der Waals surface area (Å²) in [4.78, 5) is 27.6. The Kier molecular flexibility index (Phi) is 8.54. The second kappa shape index (κ2) is 12.4. The lowest BCUT2D eigenvalue weighted by molar-refractivity contribution is -0.276. The number of benzene rings is 3. The number of carboxylic acids is 1. The monoisotopic (exact) mass is 543 g/mol. The first-order valence-corrected chi connectivity index (χ1v) is 13.4. The number of carbonyl (C=O) groups excluding carboxylic acids is 1. The minimum absolute atomic E-state index is 0.00508. The van der Waals surface area contributed by atoms with Crippen molar-refractivity contribution >= 4 is 28.6 Å². The van der Waals surface area contributed by atoms with Crippen molar-refractivity contribution < 1.29 is 29.3 Å². The number of hydrogen-bond donors (Lipinski definition) is 3. The SMILES string of the molecule is C[C@@H]1[C@H](Cn2cnc3ccccc32)O[C@H](c2cccc(NC(=O)CCCC(=O)O)c2)O[C@@H]1c1ccc(CO)cc1. The molecule has 3 N–H and O–H groups in total. The molecule has 9 nitrogen and oxygen atoms in total. The maximum Gasteiger partial charge on any atom is 0.303 e. The number of fused-ring (bicyclic) bond motifs is 1. The number of hydrogen-bond acceptors (Lipinski definition) is 6. The summed E-state index contributed by atoms with van der Waals surface area (Å²) < 4.78 is 15.2. The summed E-state index contributed by atoms with van der Waals surface area (Å²) in [5.41, 5.74) is 5.10. The Morgan fingerprint density at radius 2 is 1.77 bits per heavy atom. The van der Waals surface area contributed by atoms with Gasteiger partial charge < -0.3 is 29.6 Å². The number of nitrogens with one attached hydrogen (secondary N) is 1. The lowest BCUT2D eigenvalue weighted by Gasteiger charge is -2.41. The van der Waals surface area contributed by atoms with E-state index in [4.69, 9.17) is 14.6 Å². The predicted molar refractivity (Wildman–Crippen MR) is 149 cm³/mol. The Balaban J connectivity index is 1.39. The first-order valence-electron chi connectivity index (χ1n) is 13.4. The number of anilines is 1. The van der Waals surface area contributed by atoms with E-state index in [1.165, 1.54) is 0 Å². The number of para-hydroxylation sites is 2. The second-order valence-electron chi connectivity index (χ2n) is 10.1. The topological polar surface area (TPSA) is 123 Å². The molecule has 1 fully saturated rings. The molecule has 40 heavy (non-hydrogen) atoms. The molecule has 5 rings (SSSR count). The average Bonchev–Trinajstić information content (AvgIpc) is 3.37. The van der Waals surface area contributed by atoms with Crippen LogP contribution in [0, 0.1) is 5.92 Å². The Labute approximate surface area is 232 Å². The van der Waals surface area contributed by atoms with E-state index in [0.717, 1.165) is 27.7 Å². The number of aliphatic hydroxyl groups is 1. The third-order valence-electron chi connectivity index (χ3n) is 7.26. The van der Waals surface area contributed by atoms with E-state index in [2.05, 4.69) is 21.8 Å². The third kappa shape index (κ3) is 6.39. The van der Waals surface area contributed by atoms with Crippen molar-refractivity contribution in [3.63, 3.8) is 0 Å². The largest absolute Gasteiger partial charge is 0.481 e. The molecule has 0 spiro atoms. The van der Waals surface area contributed by atoms with Gasteiger partial charge in [0.25, 0.3) is 0 Å². The number of carboxylic acid groups (broad SMARTS) is 1. The van der Waals surface area contributed by atoms with Gasteiger partial charge in [0, 0.05) is 30.0 Å². The molecule has 9 heteroatoms. The molecule has 1 aromatic heterocycles. The number of ether oxygens (including phenoxy) is 2. The highest BCUT2D eigenvalue weighted by Crippen LogP contribution is 2.42. The van der Waals surface area contributed by atoms with Crippen LogP contribution in [0.15, 0.2) is 79.1 Å². The number of nitrogens with zero attached hydrogens (tertiary/aromatic N) is 2. The summed E-state index contributed by atoms with van der Waals surface area (Å²) in [6, 6.07) is 23.1. The molecule has 4 aromatic rings. The van der Waals surface area contributed by atoms with E-state index in [0.29, 0.717) is 12.2 Å². The first-order chi connectivity index (χ1) is 19.4. The van der Waals surface area contributed by atoms with Crippen LogP contribution in [0.5, 0.6) is 0 Å². The number of carbonyl (C=O) groups is 2. The molecule has 0 radical (unpaired) electrons. The molecule has 1 amide bonds. The molecule has 0 unspecified atom stereocenters. The van der Waals surface area contributed by atoms with Gasteiger partial charge in [0.15, 0.2) is 6.29 Å². The van der Waals surface area contributed by atoms with Crippen molar-refractivity contribution in [2.75, 3.05) is 5.32 Å². The van der Waals surface area contributed by atoms with Gasteiger partial charge >= 0.3 is 5.97 Å². The minimum atomic E-state index is -0.922. The molecule has 4 atom stereocenters. The molecule has 1 aliphatic heterocycles. The van der Waals surface area contributed by atoms with E-state index in [1.807, 2.05) is 73.1 Å². The Morgan fingerprint density at radius 1 is 0.975 bits per heavy atom. The van der Waals surface area contributed by atoms with Crippen LogP contribution >= 0.6 is 0 Å². The van der Waals surface area contributed by atoms with Gasteiger partial charge in [-0.2, -0.15) is 0 Å². The fourth-order valence-electron chi connectivity index (χ4n) is 5.06. The van der Waals surface area contributed by atoms with E-state index in [-0.39, 0.29) is 49.9 Å². The zero-order chi connectivity index (χ0) is 28.1. The third-order valence-corrected chi connectivity index (χ3v) is 7.26. The predicted octanol–water partition coefficient (Wildman–Crippen LogP) is 5.21. The van der Waals surface area contributed by atoms with Crippen LogP contribution in [-0.2, 0) is 32.2 Å². The van der Waals surface area contributed by atoms with Crippen LogP contribution in [0.1, 0.15) is 55.3 Å². The Bertz CT molecular complexity index is 1470. The summed E-state index contributed by atoms with van der Waals surface area (Å²) in [7, 11) is 0. The van der Waals surface area contributed by atoms with Crippen molar-refractivity contribution in [2.45, 2.75) is 57.8 Å². The molecule has 208 valence electrons. The van der Waals surface area contributed by atoms with Crippen LogP contribution in [0.3, 0.4) is 0 Å². The summed E-state index contributed by atoms with van der Waals surface area (Å²) in [5, 5.41) is 21.2. The van der Waals surface area contributed by atoms with Crippen molar-refractivity contribution in [1.29, 1.82) is 0 Å². The maximum absolute atomic E-state index is 12.4. The molecule has 1 aliphatic rings. The standard InChI is InChI=1S/C31H33N3O6/c1-20-27(17-34-19-32-25-8-2-3-9-26(25)34)39-31(40-30(20)22-14-12-21(18-35)13-15-22)23-6-4-7-24(16-23)33-28(36)10-5-11-29(37)38/h2-4,6-9,12-16,19-20,27,30-31,35H,5,10-11,17-18H2,1H3,(H,33,36)(H,37,38)/t20-,27+,30+,31+/m1/s1.